The lowest BCUT2D eigenvalue weighted by molar-refractivity contribution is 0.280. The molecule has 0 aromatic rings. The van der Waals surface area contributed by atoms with E-state index in [4.69, 9.17) is 4.43 Å². The summed E-state index contributed by atoms with van der Waals surface area (Å²) in [4.78, 5) is 0. The molecule has 0 bridgehead atoms. The van der Waals surface area contributed by atoms with Gasteiger partial charge < -0.3 is 4.43 Å². The Bertz CT molecular complexity index is 114. The van der Waals surface area contributed by atoms with Crippen LogP contribution in [0.25, 0.3) is 0 Å². The van der Waals surface area contributed by atoms with Crippen molar-refractivity contribution in [2.45, 2.75) is 59.7 Å². The molecular formula is C11H26OSi. The van der Waals surface area contributed by atoms with E-state index >= 15 is 0 Å². The molecule has 0 heterocycles. The SMILES string of the molecule is CC(C)(C)CCCCO[Si](C)(C)C. The van der Waals surface area contributed by atoms with E-state index in [-0.39, 0.29) is 0 Å². The van der Waals surface area contributed by atoms with E-state index in [2.05, 4.69) is 40.4 Å². The number of unbranched alkanes of at least 4 members (excludes halogenated alkanes) is 1. The first-order valence-corrected chi connectivity index (χ1v) is 8.75. The van der Waals surface area contributed by atoms with E-state index in [1.165, 1.54) is 19.3 Å². The third kappa shape index (κ3) is 12.2. The lowest BCUT2D eigenvalue weighted by Crippen LogP contribution is -2.25. The molecule has 0 amide bonds. The first-order chi connectivity index (χ1) is 5.71. The van der Waals surface area contributed by atoms with Crippen LogP contribution in [-0.4, -0.2) is 14.9 Å². The predicted octanol–water partition coefficient (Wildman–Crippen LogP) is 4.05. The first kappa shape index (κ1) is 13.2. The summed E-state index contributed by atoms with van der Waals surface area (Å²) in [5.41, 5.74) is 0.485. The van der Waals surface area contributed by atoms with Gasteiger partial charge in [-0.25, -0.2) is 0 Å². The number of hydrogen-bond donors (Lipinski definition) is 0. The van der Waals surface area contributed by atoms with Crippen molar-refractivity contribution in [2.24, 2.45) is 5.41 Å². The molecule has 0 rings (SSSR count). The van der Waals surface area contributed by atoms with Gasteiger partial charge in [-0.3, -0.25) is 0 Å². The standard InChI is InChI=1S/C11H26OSi/c1-11(2,3)9-7-8-10-12-13(4,5)6/h7-10H2,1-6H3. The molecule has 0 spiro atoms. The van der Waals surface area contributed by atoms with Gasteiger partial charge in [0, 0.05) is 6.61 Å². The van der Waals surface area contributed by atoms with Crippen molar-refractivity contribution in [2.75, 3.05) is 6.61 Å². The van der Waals surface area contributed by atoms with Gasteiger partial charge in [0.15, 0.2) is 8.32 Å². The molecule has 0 aliphatic rings. The van der Waals surface area contributed by atoms with Crippen LogP contribution in [0.15, 0.2) is 0 Å². The molecule has 0 fully saturated rings. The summed E-state index contributed by atoms with van der Waals surface area (Å²) in [5, 5.41) is 0. The number of hydrogen-bond acceptors (Lipinski definition) is 1. The highest BCUT2D eigenvalue weighted by Crippen LogP contribution is 2.21. The summed E-state index contributed by atoms with van der Waals surface area (Å²) in [6, 6.07) is 0. The molecule has 0 aromatic carbocycles. The molecule has 0 saturated heterocycles. The molecule has 0 atom stereocenters. The third-order valence-electron chi connectivity index (χ3n) is 1.86. The fraction of sp³-hybridized carbons (Fsp3) is 1.00. The summed E-state index contributed by atoms with van der Waals surface area (Å²) in [6.07, 6.45) is 3.83. The summed E-state index contributed by atoms with van der Waals surface area (Å²) < 4.78 is 5.78. The quantitative estimate of drug-likeness (QED) is 0.483. The highest BCUT2D eigenvalue weighted by atomic mass is 28.4. The summed E-state index contributed by atoms with van der Waals surface area (Å²) >= 11 is 0. The van der Waals surface area contributed by atoms with E-state index in [1.54, 1.807) is 0 Å². The third-order valence-corrected chi connectivity index (χ3v) is 2.93. The maximum absolute atomic E-state index is 5.78. The monoisotopic (exact) mass is 202 g/mol. The second kappa shape index (κ2) is 5.16. The topological polar surface area (TPSA) is 9.23 Å². The second-order valence-corrected chi connectivity index (χ2v) is 10.5. The van der Waals surface area contributed by atoms with E-state index in [0.717, 1.165) is 6.61 Å². The van der Waals surface area contributed by atoms with Gasteiger partial charge in [-0.2, -0.15) is 0 Å². The Balaban J connectivity index is 3.28. The van der Waals surface area contributed by atoms with Crippen molar-refractivity contribution in [3.05, 3.63) is 0 Å². The fourth-order valence-corrected chi connectivity index (χ4v) is 1.89. The van der Waals surface area contributed by atoms with E-state index in [9.17, 15) is 0 Å². The van der Waals surface area contributed by atoms with Crippen LogP contribution >= 0.6 is 0 Å². The van der Waals surface area contributed by atoms with Crippen LogP contribution < -0.4 is 0 Å². The van der Waals surface area contributed by atoms with E-state index in [0.29, 0.717) is 5.41 Å². The molecule has 13 heavy (non-hydrogen) atoms. The van der Waals surface area contributed by atoms with Gasteiger partial charge in [-0.15, -0.1) is 0 Å². The Kier molecular flexibility index (Phi) is 5.23. The zero-order chi connectivity index (χ0) is 10.5. The van der Waals surface area contributed by atoms with Gasteiger partial charge in [-0.05, 0) is 37.9 Å². The van der Waals surface area contributed by atoms with Crippen molar-refractivity contribution in [3.63, 3.8) is 0 Å². The molecule has 2 heteroatoms. The van der Waals surface area contributed by atoms with Crippen molar-refractivity contribution in [1.29, 1.82) is 0 Å². The van der Waals surface area contributed by atoms with Crippen molar-refractivity contribution >= 4 is 8.32 Å². The molecule has 1 nitrogen and oxygen atoms in total. The van der Waals surface area contributed by atoms with Crippen LogP contribution in [0.5, 0.6) is 0 Å². The average Bonchev–Trinajstić information content (AvgIpc) is 1.81. The highest BCUT2D eigenvalue weighted by Gasteiger charge is 2.14. The van der Waals surface area contributed by atoms with E-state index < -0.39 is 8.32 Å². The minimum atomic E-state index is -1.25. The Hall–Kier alpha value is 0.177. The van der Waals surface area contributed by atoms with Gasteiger partial charge in [0.2, 0.25) is 0 Å². The second-order valence-electron chi connectivity index (χ2n) is 5.98. The predicted molar refractivity (Wildman–Crippen MR) is 62.6 cm³/mol. The highest BCUT2D eigenvalue weighted by molar-refractivity contribution is 6.69. The Morgan fingerprint density at radius 3 is 1.92 bits per heavy atom. The van der Waals surface area contributed by atoms with Crippen LogP contribution in [0, 0.1) is 5.41 Å². The number of rotatable bonds is 5. The van der Waals surface area contributed by atoms with Crippen LogP contribution in [0.2, 0.25) is 19.6 Å². The molecule has 0 N–H and O–H groups in total. The van der Waals surface area contributed by atoms with E-state index in [1.807, 2.05) is 0 Å². The van der Waals surface area contributed by atoms with Gasteiger partial charge in [0.25, 0.3) is 0 Å². The minimum absolute atomic E-state index is 0.485. The molecule has 0 radical (unpaired) electrons. The Morgan fingerprint density at radius 2 is 1.54 bits per heavy atom. The normalized spacial score (nSPS) is 13.4. The zero-order valence-corrected chi connectivity index (χ0v) is 11.2. The molecule has 0 aromatic heterocycles. The Morgan fingerprint density at radius 1 is 1.00 bits per heavy atom. The Labute approximate surface area is 85.0 Å². The molecule has 0 saturated carbocycles. The first-order valence-electron chi connectivity index (χ1n) is 5.35. The summed E-state index contributed by atoms with van der Waals surface area (Å²) in [5.74, 6) is 0. The zero-order valence-electron chi connectivity index (χ0n) is 10.2. The van der Waals surface area contributed by atoms with Crippen LogP contribution in [-0.2, 0) is 4.43 Å². The molecule has 0 unspecified atom stereocenters. The fourth-order valence-electron chi connectivity index (χ4n) is 1.14. The largest absolute Gasteiger partial charge is 0.418 e. The maximum atomic E-state index is 5.78. The van der Waals surface area contributed by atoms with Gasteiger partial charge in [-0.1, -0.05) is 27.2 Å². The smallest absolute Gasteiger partial charge is 0.183 e. The van der Waals surface area contributed by atoms with Crippen LogP contribution in [0.1, 0.15) is 40.0 Å². The molecule has 80 valence electrons. The minimum Gasteiger partial charge on any atom is -0.418 e. The van der Waals surface area contributed by atoms with Crippen LogP contribution in [0.4, 0.5) is 0 Å². The molecular weight excluding hydrogens is 176 g/mol. The van der Waals surface area contributed by atoms with Crippen LogP contribution in [0.3, 0.4) is 0 Å². The van der Waals surface area contributed by atoms with Crippen molar-refractivity contribution in [1.82, 2.24) is 0 Å². The van der Waals surface area contributed by atoms with Gasteiger partial charge in [0.1, 0.15) is 0 Å². The average molecular weight is 202 g/mol. The van der Waals surface area contributed by atoms with Gasteiger partial charge in [0.05, 0.1) is 0 Å². The summed E-state index contributed by atoms with van der Waals surface area (Å²) in [6.45, 7) is 14.6. The maximum Gasteiger partial charge on any atom is 0.183 e. The summed E-state index contributed by atoms with van der Waals surface area (Å²) in [7, 11) is -1.25. The molecule has 0 aliphatic carbocycles. The molecule has 0 aliphatic heterocycles. The van der Waals surface area contributed by atoms with Crippen molar-refractivity contribution in [3.8, 4) is 0 Å². The lowest BCUT2D eigenvalue weighted by atomic mass is 9.90. The van der Waals surface area contributed by atoms with Gasteiger partial charge >= 0.3 is 0 Å². The van der Waals surface area contributed by atoms with Crippen molar-refractivity contribution < 1.29 is 4.43 Å². The lowest BCUT2D eigenvalue weighted by Gasteiger charge is -2.19.